The fourth-order valence-corrected chi connectivity index (χ4v) is 1.78. The predicted molar refractivity (Wildman–Crippen MR) is 69.8 cm³/mol. The molecule has 82 valence electrons. The number of aryl methyl sites for hydroxylation is 2. The predicted octanol–water partition coefficient (Wildman–Crippen LogP) is 2.92. The van der Waals surface area contributed by atoms with Crippen molar-refractivity contribution in [1.29, 1.82) is 0 Å². The molecule has 0 amide bonds. The molecular formula is C13H14N2S. The molecule has 0 saturated carbocycles. The molecule has 2 aromatic rings. The van der Waals surface area contributed by atoms with E-state index in [-0.39, 0.29) is 0 Å². The van der Waals surface area contributed by atoms with Crippen LogP contribution in [0.15, 0.2) is 36.5 Å². The molecule has 0 aliphatic heterocycles. The van der Waals surface area contributed by atoms with Crippen LogP contribution in [0.1, 0.15) is 11.4 Å². The van der Waals surface area contributed by atoms with Crippen molar-refractivity contribution >= 4 is 12.6 Å². The van der Waals surface area contributed by atoms with Gasteiger partial charge in [-0.2, -0.15) is 12.6 Å². The Labute approximate surface area is 101 Å². The van der Waals surface area contributed by atoms with Gasteiger partial charge in [-0.25, -0.2) is 9.97 Å². The van der Waals surface area contributed by atoms with Crippen LogP contribution in [-0.2, 0) is 6.42 Å². The topological polar surface area (TPSA) is 25.8 Å². The summed E-state index contributed by atoms with van der Waals surface area (Å²) in [5, 5.41) is 0. The number of hydrogen-bond donors (Lipinski definition) is 1. The number of nitrogens with zero attached hydrogens (tertiary/aromatic N) is 2. The Morgan fingerprint density at radius 2 is 2.12 bits per heavy atom. The third-order valence-electron chi connectivity index (χ3n) is 2.35. The van der Waals surface area contributed by atoms with Gasteiger partial charge in [0.15, 0.2) is 0 Å². The third kappa shape index (κ3) is 2.61. The first-order chi connectivity index (χ1) is 7.79. The molecule has 0 N–H and O–H groups in total. The minimum Gasteiger partial charge on any atom is -0.241 e. The lowest BCUT2D eigenvalue weighted by atomic mass is 10.1. The zero-order valence-corrected chi connectivity index (χ0v) is 10.1. The van der Waals surface area contributed by atoms with E-state index in [4.69, 9.17) is 0 Å². The van der Waals surface area contributed by atoms with Gasteiger partial charge in [-0.1, -0.05) is 23.8 Å². The maximum absolute atomic E-state index is 4.51. The lowest BCUT2D eigenvalue weighted by Gasteiger charge is -2.03. The summed E-state index contributed by atoms with van der Waals surface area (Å²) < 4.78 is 0. The Balaban J connectivity index is 2.36. The van der Waals surface area contributed by atoms with Gasteiger partial charge >= 0.3 is 0 Å². The van der Waals surface area contributed by atoms with E-state index in [1.807, 2.05) is 18.3 Å². The largest absolute Gasteiger partial charge is 0.241 e. The van der Waals surface area contributed by atoms with Gasteiger partial charge in [0.1, 0.15) is 5.82 Å². The maximum atomic E-state index is 4.51. The van der Waals surface area contributed by atoms with E-state index in [0.717, 1.165) is 29.3 Å². The number of rotatable bonds is 3. The maximum Gasteiger partial charge on any atom is 0.129 e. The van der Waals surface area contributed by atoms with E-state index in [0.29, 0.717) is 0 Å². The minimum atomic E-state index is 0.775. The van der Waals surface area contributed by atoms with Crippen molar-refractivity contribution in [3.05, 3.63) is 47.9 Å². The highest BCUT2D eigenvalue weighted by atomic mass is 32.1. The summed E-state index contributed by atoms with van der Waals surface area (Å²) in [4.78, 5) is 8.73. The summed E-state index contributed by atoms with van der Waals surface area (Å²) in [5.41, 5.74) is 3.37. The summed E-state index contributed by atoms with van der Waals surface area (Å²) in [6, 6.07) is 10.3. The standard InChI is InChI=1S/C13H14N2S/c1-10-3-2-4-11(9-10)12-5-7-14-13(15-12)6-8-16/h2-5,7,9,16H,6,8H2,1H3. The molecule has 0 radical (unpaired) electrons. The Morgan fingerprint density at radius 1 is 1.25 bits per heavy atom. The molecule has 0 aliphatic rings. The molecule has 2 nitrogen and oxygen atoms in total. The Bertz CT molecular complexity index is 483. The van der Waals surface area contributed by atoms with E-state index >= 15 is 0 Å². The van der Waals surface area contributed by atoms with Crippen LogP contribution in [0.4, 0.5) is 0 Å². The molecule has 0 aliphatic carbocycles. The SMILES string of the molecule is Cc1cccc(-c2ccnc(CCS)n2)c1. The van der Waals surface area contributed by atoms with Crippen LogP contribution in [0.5, 0.6) is 0 Å². The van der Waals surface area contributed by atoms with Gasteiger partial charge in [-0.3, -0.25) is 0 Å². The van der Waals surface area contributed by atoms with Gasteiger partial charge in [0.2, 0.25) is 0 Å². The third-order valence-corrected chi connectivity index (χ3v) is 2.58. The summed E-state index contributed by atoms with van der Waals surface area (Å²) in [7, 11) is 0. The Hall–Kier alpha value is -1.35. The quantitative estimate of drug-likeness (QED) is 0.820. The second kappa shape index (κ2) is 5.12. The van der Waals surface area contributed by atoms with Crippen molar-refractivity contribution < 1.29 is 0 Å². The molecule has 16 heavy (non-hydrogen) atoms. The zero-order valence-electron chi connectivity index (χ0n) is 9.22. The number of aromatic nitrogens is 2. The second-order valence-corrected chi connectivity index (χ2v) is 4.15. The first-order valence-electron chi connectivity index (χ1n) is 5.29. The molecule has 0 bridgehead atoms. The van der Waals surface area contributed by atoms with Crippen LogP contribution in [0.3, 0.4) is 0 Å². The molecule has 2 rings (SSSR count). The average molecular weight is 230 g/mol. The van der Waals surface area contributed by atoms with Crippen molar-refractivity contribution in [2.24, 2.45) is 0 Å². The molecule has 0 spiro atoms. The van der Waals surface area contributed by atoms with Gasteiger partial charge in [-0.05, 0) is 24.8 Å². The monoisotopic (exact) mass is 230 g/mol. The summed E-state index contributed by atoms with van der Waals surface area (Å²) in [6.07, 6.45) is 2.62. The Kier molecular flexibility index (Phi) is 3.57. The summed E-state index contributed by atoms with van der Waals surface area (Å²) >= 11 is 4.19. The molecule has 1 heterocycles. The van der Waals surface area contributed by atoms with Gasteiger partial charge in [-0.15, -0.1) is 0 Å². The summed E-state index contributed by atoms with van der Waals surface area (Å²) in [5.74, 6) is 1.63. The van der Waals surface area contributed by atoms with E-state index in [9.17, 15) is 0 Å². The molecule has 0 atom stereocenters. The van der Waals surface area contributed by atoms with Gasteiger partial charge in [0.25, 0.3) is 0 Å². The molecular weight excluding hydrogens is 216 g/mol. The first-order valence-corrected chi connectivity index (χ1v) is 5.92. The van der Waals surface area contributed by atoms with Crippen molar-refractivity contribution in [3.63, 3.8) is 0 Å². The average Bonchev–Trinajstić information content (AvgIpc) is 2.30. The molecule has 0 fully saturated rings. The lowest BCUT2D eigenvalue weighted by molar-refractivity contribution is 0.953. The minimum absolute atomic E-state index is 0.775. The highest BCUT2D eigenvalue weighted by Crippen LogP contribution is 2.17. The van der Waals surface area contributed by atoms with Crippen LogP contribution < -0.4 is 0 Å². The van der Waals surface area contributed by atoms with Gasteiger partial charge in [0.05, 0.1) is 5.69 Å². The Morgan fingerprint density at radius 3 is 2.88 bits per heavy atom. The van der Waals surface area contributed by atoms with Crippen LogP contribution in [0, 0.1) is 6.92 Å². The van der Waals surface area contributed by atoms with Crippen molar-refractivity contribution in [1.82, 2.24) is 9.97 Å². The van der Waals surface area contributed by atoms with E-state index in [1.165, 1.54) is 5.56 Å². The van der Waals surface area contributed by atoms with Crippen LogP contribution in [0.25, 0.3) is 11.3 Å². The molecule has 1 aromatic carbocycles. The van der Waals surface area contributed by atoms with Crippen LogP contribution >= 0.6 is 12.6 Å². The van der Waals surface area contributed by atoms with Crippen molar-refractivity contribution in [2.45, 2.75) is 13.3 Å². The smallest absolute Gasteiger partial charge is 0.129 e. The number of hydrogen-bond acceptors (Lipinski definition) is 3. The molecule has 0 unspecified atom stereocenters. The van der Waals surface area contributed by atoms with Crippen molar-refractivity contribution in [3.8, 4) is 11.3 Å². The highest BCUT2D eigenvalue weighted by Gasteiger charge is 2.01. The van der Waals surface area contributed by atoms with E-state index in [1.54, 1.807) is 0 Å². The molecule has 0 saturated heterocycles. The first kappa shape index (κ1) is 11.1. The van der Waals surface area contributed by atoms with E-state index < -0.39 is 0 Å². The van der Waals surface area contributed by atoms with Crippen LogP contribution in [-0.4, -0.2) is 15.7 Å². The van der Waals surface area contributed by atoms with Gasteiger partial charge < -0.3 is 0 Å². The van der Waals surface area contributed by atoms with Crippen LogP contribution in [0.2, 0.25) is 0 Å². The van der Waals surface area contributed by atoms with Crippen molar-refractivity contribution in [2.75, 3.05) is 5.75 Å². The lowest BCUT2D eigenvalue weighted by Crippen LogP contribution is -1.97. The summed E-state index contributed by atoms with van der Waals surface area (Å²) in [6.45, 7) is 2.08. The molecule has 1 aromatic heterocycles. The molecule has 3 heteroatoms. The second-order valence-electron chi connectivity index (χ2n) is 3.70. The fourth-order valence-electron chi connectivity index (χ4n) is 1.58. The zero-order chi connectivity index (χ0) is 11.4. The fraction of sp³-hybridized carbons (Fsp3) is 0.231. The van der Waals surface area contributed by atoms with Gasteiger partial charge in [0, 0.05) is 18.2 Å². The number of thiol groups is 1. The number of benzene rings is 1. The normalized spacial score (nSPS) is 10.4. The highest BCUT2D eigenvalue weighted by molar-refractivity contribution is 7.80. The van der Waals surface area contributed by atoms with E-state index in [2.05, 4.69) is 47.7 Å².